The standard InChI is InChI=1S/C12H23NO/c1-11(8-14)7-13-9-12(10-13)5-3-2-4-6-12/h11,14H,2-10H2,1H3. The normalized spacial score (nSPS) is 28.7. The summed E-state index contributed by atoms with van der Waals surface area (Å²) in [7, 11) is 0. The minimum absolute atomic E-state index is 0.337. The maximum absolute atomic E-state index is 8.98. The zero-order valence-corrected chi connectivity index (χ0v) is 9.34. The fraction of sp³-hybridized carbons (Fsp3) is 1.00. The van der Waals surface area contributed by atoms with Crippen molar-refractivity contribution < 1.29 is 5.11 Å². The Balaban J connectivity index is 1.72. The van der Waals surface area contributed by atoms with Gasteiger partial charge in [-0.25, -0.2) is 0 Å². The Hall–Kier alpha value is -0.0800. The predicted molar refractivity (Wildman–Crippen MR) is 58.2 cm³/mol. The molecule has 2 aliphatic rings. The third kappa shape index (κ3) is 2.12. The van der Waals surface area contributed by atoms with Gasteiger partial charge in [0.05, 0.1) is 0 Å². The summed E-state index contributed by atoms with van der Waals surface area (Å²) < 4.78 is 0. The zero-order valence-electron chi connectivity index (χ0n) is 9.34. The van der Waals surface area contributed by atoms with E-state index in [4.69, 9.17) is 5.11 Å². The summed E-state index contributed by atoms with van der Waals surface area (Å²) in [5.41, 5.74) is 0.702. The van der Waals surface area contributed by atoms with Crippen LogP contribution in [0.15, 0.2) is 0 Å². The van der Waals surface area contributed by atoms with Crippen molar-refractivity contribution in [2.45, 2.75) is 39.0 Å². The number of aliphatic hydroxyl groups excluding tert-OH is 1. The number of hydrogen-bond acceptors (Lipinski definition) is 2. The Bertz CT molecular complexity index is 179. The second-order valence-electron chi connectivity index (χ2n) is 5.52. The van der Waals surface area contributed by atoms with Gasteiger partial charge in [-0.05, 0) is 24.2 Å². The van der Waals surface area contributed by atoms with Crippen LogP contribution < -0.4 is 0 Å². The van der Waals surface area contributed by atoms with Gasteiger partial charge in [0.15, 0.2) is 0 Å². The maximum atomic E-state index is 8.98. The molecule has 0 amide bonds. The highest BCUT2D eigenvalue weighted by molar-refractivity contribution is 4.96. The molecule has 82 valence electrons. The minimum Gasteiger partial charge on any atom is -0.396 e. The molecular weight excluding hydrogens is 174 g/mol. The monoisotopic (exact) mass is 197 g/mol. The molecule has 2 rings (SSSR count). The molecule has 0 radical (unpaired) electrons. The van der Waals surface area contributed by atoms with Crippen LogP contribution in [-0.4, -0.2) is 36.2 Å². The van der Waals surface area contributed by atoms with Crippen molar-refractivity contribution in [3.63, 3.8) is 0 Å². The van der Waals surface area contributed by atoms with E-state index in [2.05, 4.69) is 11.8 Å². The van der Waals surface area contributed by atoms with Gasteiger partial charge in [0, 0.05) is 26.2 Å². The third-order valence-electron chi connectivity index (χ3n) is 3.91. The molecular formula is C12H23NO. The van der Waals surface area contributed by atoms with Crippen LogP contribution in [0.2, 0.25) is 0 Å². The topological polar surface area (TPSA) is 23.5 Å². The van der Waals surface area contributed by atoms with E-state index in [0.717, 1.165) is 6.54 Å². The van der Waals surface area contributed by atoms with Gasteiger partial charge in [0.25, 0.3) is 0 Å². The Morgan fingerprint density at radius 1 is 1.21 bits per heavy atom. The third-order valence-corrected chi connectivity index (χ3v) is 3.91. The van der Waals surface area contributed by atoms with E-state index in [1.165, 1.54) is 45.2 Å². The molecule has 1 aliphatic heterocycles. The molecule has 0 aromatic heterocycles. The van der Waals surface area contributed by atoms with E-state index in [-0.39, 0.29) is 0 Å². The molecule has 2 heteroatoms. The molecule has 1 saturated carbocycles. The first kappa shape index (κ1) is 10.4. The highest BCUT2D eigenvalue weighted by Gasteiger charge is 2.42. The number of likely N-dealkylation sites (tertiary alicyclic amines) is 1. The lowest BCUT2D eigenvalue weighted by atomic mass is 9.68. The van der Waals surface area contributed by atoms with Gasteiger partial charge in [-0.3, -0.25) is 0 Å². The fourth-order valence-electron chi connectivity index (χ4n) is 3.15. The van der Waals surface area contributed by atoms with Gasteiger partial charge in [-0.15, -0.1) is 0 Å². The van der Waals surface area contributed by atoms with Crippen molar-refractivity contribution in [2.24, 2.45) is 11.3 Å². The summed E-state index contributed by atoms with van der Waals surface area (Å²) >= 11 is 0. The maximum Gasteiger partial charge on any atom is 0.0468 e. The Morgan fingerprint density at radius 3 is 2.43 bits per heavy atom. The Labute approximate surface area is 87.3 Å². The van der Waals surface area contributed by atoms with E-state index in [0.29, 0.717) is 17.9 Å². The SMILES string of the molecule is CC(CO)CN1CC2(CCCCC2)C1. The molecule has 2 fully saturated rings. The van der Waals surface area contributed by atoms with Gasteiger partial charge in [0.2, 0.25) is 0 Å². The van der Waals surface area contributed by atoms with Crippen molar-refractivity contribution in [3.8, 4) is 0 Å². The molecule has 1 spiro atoms. The Morgan fingerprint density at radius 2 is 1.86 bits per heavy atom. The summed E-state index contributed by atoms with van der Waals surface area (Å²) in [6, 6.07) is 0. The van der Waals surface area contributed by atoms with Crippen LogP contribution >= 0.6 is 0 Å². The van der Waals surface area contributed by atoms with Gasteiger partial charge in [0.1, 0.15) is 0 Å². The van der Waals surface area contributed by atoms with Gasteiger partial charge in [-0.2, -0.15) is 0 Å². The van der Waals surface area contributed by atoms with E-state index in [9.17, 15) is 0 Å². The largest absolute Gasteiger partial charge is 0.396 e. The van der Waals surface area contributed by atoms with E-state index < -0.39 is 0 Å². The minimum atomic E-state index is 0.337. The lowest BCUT2D eigenvalue weighted by Gasteiger charge is -2.53. The molecule has 14 heavy (non-hydrogen) atoms. The van der Waals surface area contributed by atoms with Crippen LogP contribution in [-0.2, 0) is 0 Å². The van der Waals surface area contributed by atoms with Crippen molar-refractivity contribution in [1.82, 2.24) is 4.90 Å². The van der Waals surface area contributed by atoms with E-state index in [1.807, 2.05) is 0 Å². The average Bonchev–Trinajstić information content (AvgIpc) is 2.17. The molecule has 0 bridgehead atoms. The number of hydrogen-bond donors (Lipinski definition) is 1. The quantitative estimate of drug-likeness (QED) is 0.746. The van der Waals surface area contributed by atoms with Gasteiger partial charge in [-0.1, -0.05) is 26.2 Å². The Kier molecular flexibility index (Phi) is 3.13. The van der Waals surface area contributed by atoms with Crippen LogP contribution in [0.1, 0.15) is 39.0 Å². The summed E-state index contributed by atoms with van der Waals surface area (Å²) in [6.07, 6.45) is 7.26. The first-order valence-corrected chi connectivity index (χ1v) is 6.07. The zero-order chi connectivity index (χ0) is 10.0. The number of rotatable bonds is 3. The number of aliphatic hydroxyl groups is 1. The molecule has 1 heterocycles. The predicted octanol–water partition coefficient (Wildman–Crippen LogP) is 1.88. The second kappa shape index (κ2) is 4.19. The summed E-state index contributed by atoms with van der Waals surface area (Å²) in [4.78, 5) is 2.52. The summed E-state index contributed by atoms with van der Waals surface area (Å²) in [5.74, 6) is 0.455. The van der Waals surface area contributed by atoms with Gasteiger partial charge >= 0.3 is 0 Å². The average molecular weight is 197 g/mol. The molecule has 1 N–H and O–H groups in total. The summed E-state index contributed by atoms with van der Waals surface area (Å²) in [6.45, 7) is 6.17. The molecule has 2 nitrogen and oxygen atoms in total. The molecule has 1 unspecified atom stereocenters. The second-order valence-corrected chi connectivity index (χ2v) is 5.52. The first-order chi connectivity index (χ1) is 6.74. The lowest BCUT2D eigenvalue weighted by Crippen LogP contribution is -2.58. The molecule has 1 saturated heterocycles. The first-order valence-electron chi connectivity index (χ1n) is 6.07. The van der Waals surface area contributed by atoms with E-state index in [1.54, 1.807) is 0 Å². The van der Waals surface area contributed by atoms with Crippen molar-refractivity contribution in [3.05, 3.63) is 0 Å². The van der Waals surface area contributed by atoms with Crippen LogP contribution in [0.4, 0.5) is 0 Å². The van der Waals surface area contributed by atoms with Gasteiger partial charge < -0.3 is 10.0 Å². The molecule has 1 atom stereocenters. The summed E-state index contributed by atoms with van der Waals surface area (Å²) in [5, 5.41) is 8.98. The fourth-order valence-corrected chi connectivity index (χ4v) is 3.15. The van der Waals surface area contributed by atoms with Crippen LogP contribution in [0.5, 0.6) is 0 Å². The van der Waals surface area contributed by atoms with Crippen LogP contribution in [0.25, 0.3) is 0 Å². The van der Waals surface area contributed by atoms with Crippen molar-refractivity contribution >= 4 is 0 Å². The molecule has 0 aromatic rings. The highest BCUT2D eigenvalue weighted by atomic mass is 16.3. The van der Waals surface area contributed by atoms with Crippen molar-refractivity contribution in [2.75, 3.05) is 26.2 Å². The van der Waals surface area contributed by atoms with Crippen molar-refractivity contribution in [1.29, 1.82) is 0 Å². The highest BCUT2D eigenvalue weighted by Crippen LogP contribution is 2.43. The van der Waals surface area contributed by atoms with E-state index >= 15 is 0 Å². The number of nitrogens with zero attached hydrogens (tertiary/aromatic N) is 1. The lowest BCUT2D eigenvalue weighted by molar-refractivity contribution is -0.0386. The van der Waals surface area contributed by atoms with Crippen LogP contribution in [0, 0.1) is 11.3 Å². The molecule has 0 aromatic carbocycles. The smallest absolute Gasteiger partial charge is 0.0468 e. The molecule has 1 aliphatic carbocycles. The van der Waals surface area contributed by atoms with Crippen LogP contribution in [0.3, 0.4) is 0 Å².